The van der Waals surface area contributed by atoms with Crippen molar-refractivity contribution in [1.82, 2.24) is 15.1 Å². The molecular formula is C20H23Cl2N3O. The molecule has 2 heterocycles. The van der Waals surface area contributed by atoms with Crippen molar-refractivity contribution in [2.24, 2.45) is 0 Å². The van der Waals surface area contributed by atoms with Crippen molar-refractivity contribution in [2.75, 3.05) is 13.1 Å². The first-order chi connectivity index (χ1) is 11.9. The minimum absolute atomic E-state index is 0. The predicted octanol–water partition coefficient (Wildman–Crippen LogP) is 4.51. The second-order valence-electron chi connectivity index (χ2n) is 6.11. The second-order valence-corrected chi connectivity index (χ2v) is 6.11. The van der Waals surface area contributed by atoms with Crippen LogP contribution in [0.5, 0.6) is 5.88 Å². The van der Waals surface area contributed by atoms with Crippen molar-refractivity contribution >= 4 is 24.8 Å². The van der Waals surface area contributed by atoms with E-state index in [1.165, 1.54) is 0 Å². The molecule has 1 aliphatic heterocycles. The lowest BCUT2D eigenvalue weighted by Gasteiger charge is -2.08. The third-order valence-electron chi connectivity index (χ3n) is 4.41. The number of rotatable bonds is 5. The first-order valence-electron chi connectivity index (χ1n) is 8.42. The smallest absolute Gasteiger partial charge is 0.241 e. The lowest BCUT2D eigenvalue weighted by atomic mass is 10.1. The molecule has 1 unspecified atom stereocenters. The highest BCUT2D eigenvalue weighted by Gasteiger charge is 2.21. The van der Waals surface area contributed by atoms with E-state index in [0.717, 1.165) is 36.2 Å². The summed E-state index contributed by atoms with van der Waals surface area (Å²) in [6.07, 6.45) is 3.22. The van der Waals surface area contributed by atoms with E-state index < -0.39 is 0 Å². The lowest BCUT2D eigenvalue weighted by molar-refractivity contribution is 0.288. The van der Waals surface area contributed by atoms with Crippen molar-refractivity contribution < 1.29 is 4.74 Å². The van der Waals surface area contributed by atoms with Crippen LogP contribution in [0.4, 0.5) is 0 Å². The van der Waals surface area contributed by atoms with Crippen LogP contribution in [0.1, 0.15) is 18.0 Å². The molecule has 0 bridgehead atoms. The largest absolute Gasteiger partial charge is 0.471 e. The number of hydrogen-bond donors (Lipinski definition) is 1. The highest BCUT2D eigenvalue weighted by atomic mass is 35.5. The highest BCUT2D eigenvalue weighted by molar-refractivity contribution is 5.85. The van der Waals surface area contributed by atoms with Crippen molar-refractivity contribution in [3.05, 3.63) is 72.4 Å². The number of nitrogens with one attached hydrogen (secondary N) is 1. The van der Waals surface area contributed by atoms with E-state index in [4.69, 9.17) is 9.84 Å². The van der Waals surface area contributed by atoms with E-state index in [2.05, 4.69) is 40.5 Å². The topological polar surface area (TPSA) is 39.1 Å². The van der Waals surface area contributed by atoms with E-state index in [1.54, 1.807) is 0 Å². The molecule has 1 atom stereocenters. The van der Waals surface area contributed by atoms with Gasteiger partial charge in [-0.1, -0.05) is 60.7 Å². The molecule has 6 heteroatoms. The van der Waals surface area contributed by atoms with E-state index in [-0.39, 0.29) is 24.8 Å². The van der Waals surface area contributed by atoms with E-state index in [0.29, 0.717) is 18.5 Å². The van der Waals surface area contributed by atoms with E-state index >= 15 is 0 Å². The van der Waals surface area contributed by atoms with Crippen molar-refractivity contribution in [3.8, 4) is 17.0 Å². The fourth-order valence-electron chi connectivity index (χ4n) is 3.08. The number of benzene rings is 2. The molecule has 0 radical (unpaired) electrons. The minimum Gasteiger partial charge on any atom is -0.471 e. The first-order valence-corrected chi connectivity index (χ1v) is 8.42. The van der Waals surface area contributed by atoms with Gasteiger partial charge in [0.2, 0.25) is 5.88 Å². The predicted molar refractivity (Wildman–Crippen MR) is 109 cm³/mol. The Morgan fingerprint density at radius 3 is 2.35 bits per heavy atom. The second kappa shape index (κ2) is 9.62. The molecular weight excluding hydrogens is 369 g/mol. The summed E-state index contributed by atoms with van der Waals surface area (Å²) in [7, 11) is 0. The average molecular weight is 392 g/mol. The molecule has 2 aromatic carbocycles. The Bertz CT molecular complexity index is 787. The van der Waals surface area contributed by atoms with Gasteiger partial charge in [-0.3, -0.25) is 4.68 Å². The zero-order valence-corrected chi connectivity index (χ0v) is 16.0. The van der Waals surface area contributed by atoms with Gasteiger partial charge in [-0.2, -0.15) is 0 Å². The third-order valence-corrected chi connectivity index (χ3v) is 4.41. The Morgan fingerprint density at radius 2 is 1.69 bits per heavy atom. The molecule has 1 N–H and O–H groups in total. The van der Waals surface area contributed by atoms with Gasteiger partial charge >= 0.3 is 0 Å². The van der Waals surface area contributed by atoms with Gasteiger partial charge in [0, 0.05) is 12.7 Å². The van der Waals surface area contributed by atoms with Crippen LogP contribution in [0.25, 0.3) is 11.1 Å². The molecule has 138 valence electrons. The van der Waals surface area contributed by atoms with Crippen LogP contribution in [0.15, 0.2) is 66.9 Å². The number of halogens is 2. The van der Waals surface area contributed by atoms with Gasteiger partial charge in [-0.25, -0.2) is 0 Å². The average Bonchev–Trinajstić information content (AvgIpc) is 3.31. The Labute approximate surface area is 166 Å². The Kier molecular flexibility index (Phi) is 7.51. The molecule has 4 rings (SSSR count). The van der Waals surface area contributed by atoms with Gasteiger partial charge < -0.3 is 10.1 Å². The van der Waals surface area contributed by atoms with Crippen LogP contribution in [0, 0.1) is 0 Å². The fraction of sp³-hybridized carbons (Fsp3) is 0.250. The fourth-order valence-corrected chi connectivity index (χ4v) is 3.08. The summed E-state index contributed by atoms with van der Waals surface area (Å²) in [5.74, 6) is 0.706. The van der Waals surface area contributed by atoms with Gasteiger partial charge in [0.15, 0.2) is 0 Å². The molecule has 0 amide bonds. The summed E-state index contributed by atoms with van der Waals surface area (Å²) in [4.78, 5) is 0. The van der Waals surface area contributed by atoms with Crippen molar-refractivity contribution in [1.29, 1.82) is 0 Å². The molecule has 26 heavy (non-hydrogen) atoms. The molecule has 1 fully saturated rings. The Morgan fingerprint density at radius 1 is 1.00 bits per heavy atom. The highest BCUT2D eigenvalue weighted by Crippen LogP contribution is 2.31. The number of ether oxygens (including phenoxy) is 1. The van der Waals surface area contributed by atoms with Crippen LogP contribution < -0.4 is 10.1 Å². The Hall–Kier alpha value is -2.01. The van der Waals surface area contributed by atoms with Gasteiger partial charge in [-0.15, -0.1) is 29.9 Å². The SMILES string of the molecule is Cl.Cl.c1ccc(COc2nn(C3CCNC3)cc2-c2ccccc2)cc1. The number of hydrogen-bond acceptors (Lipinski definition) is 3. The summed E-state index contributed by atoms with van der Waals surface area (Å²) in [6, 6.07) is 20.9. The molecule has 1 aromatic heterocycles. The normalized spacial score (nSPS) is 15.8. The molecule has 0 saturated carbocycles. The monoisotopic (exact) mass is 391 g/mol. The van der Waals surface area contributed by atoms with Crippen LogP contribution in [0.3, 0.4) is 0 Å². The molecule has 4 nitrogen and oxygen atoms in total. The zero-order chi connectivity index (χ0) is 16.2. The number of aromatic nitrogens is 2. The van der Waals surface area contributed by atoms with Gasteiger partial charge in [-0.05, 0) is 24.1 Å². The quantitative estimate of drug-likeness (QED) is 0.695. The number of nitrogens with zero attached hydrogens (tertiary/aromatic N) is 2. The van der Waals surface area contributed by atoms with Gasteiger partial charge in [0.25, 0.3) is 0 Å². The molecule has 3 aromatic rings. The molecule has 1 saturated heterocycles. The Balaban J connectivity index is 0.00000121. The summed E-state index contributed by atoms with van der Waals surface area (Å²) in [5.41, 5.74) is 3.34. The van der Waals surface area contributed by atoms with Crippen LogP contribution in [-0.2, 0) is 6.61 Å². The van der Waals surface area contributed by atoms with Gasteiger partial charge in [0.1, 0.15) is 6.61 Å². The summed E-state index contributed by atoms with van der Waals surface area (Å²) < 4.78 is 8.12. The van der Waals surface area contributed by atoms with Crippen LogP contribution in [-0.4, -0.2) is 22.9 Å². The third kappa shape index (κ3) is 4.58. The molecule has 1 aliphatic rings. The maximum Gasteiger partial charge on any atom is 0.241 e. The van der Waals surface area contributed by atoms with Crippen molar-refractivity contribution in [2.45, 2.75) is 19.1 Å². The maximum absolute atomic E-state index is 6.07. The van der Waals surface area contributed by atoms with E-state index in [1.807, 2.05) is 36.4 Å². The zero-order valence-electron chi connectivity index (χ0n) is 14.4. The standard InChI is InChI=1S/C20H21N3O.2ClH/c1-3-7-16(8-4-1)15-24-20-19(17-9-5-2-6-10-17)14-23(22-20)18-11-12-21-13-18;;/h1-10,14,18,21H,11-13,15H2;2*1H. The maximum atomic E-state index is 6.07. The van der Waals surface area contributed by atoms with Crippen molar-refractivity contribution in [3.63, 3.8) is 0 Å². The van der Waals surface area contributed by atoms with Gasteiger partial charge in [0.05, 0.1) is 11.6 Å². The summed E-state index contributed by atoms with van der Waals surface area (Å²) in [6.45, 7) is 2.54. The first kappa shape index (κ1) is 20.3. The van der Waals surface area contributed by atoms with E-state index in [9.17, 15) is 0 Å². The van der Waals surface area contributed by atoms with Crippen LogP contribution >= 0.6 is 24.8 Å². The summed E-state index contributed by atoms with van der Waals surface area (Å²) >= 11 is 0. The minimum atomic E-state index is 0. The lowest BCUT2D eigenvalue weighted by Crippen LogP contribution is -2.13. The summed E-state index contributed by atoms with van der Waals surface area (Å²) in [5, 5.41) is 8.13. The van der Waals surface area contributed by atoms with Crippen LogP contribution in [0.2, 0.25) is 0 Å². The molecule has 0 aliphatic carbocycles. The molecule has 0 spiro atoms.